The van der Waals surface area contributed by atoms with Crippen LogP contribution in [0, 0.1) is 11.3 Å². The normalized spacial score (nSPS) is 30.6. The molecule has 0 amide bonds. The van der Waals surface area contributed by atoms with Gasteiger partial charge in [0.25, 0.3) is 0 Å². The van der Waals surface area contributed by atoms with E-state index in [9.17, 15) is 18.0 Å². The van der Waals surface area contributed by atoms with Gasteiger partial charge in [-0.1, -0.05) is 18.7 Å². The minimum Gasteiger partial charge on any atom is -0.481 e. The summed E-state index contributed by atoms with van der Waals surface area (Å²) in [5, 5.41) is 9.12. The summed E-state index contributed by atoms with van der Waals surface area (Å²) in [7, 11) is 0. The Balaban J connectivity index is 2.51. The second-order valence-electron chi connectivity index (χ2n) is 4.48. The molecule has 1 fully saturated rings. The molecule has 1 rings (SSSR count). The van der Waals surface area contributed by atoms with Crippen LogP contribution in [0.5, 0.6) is 0 Å². The molecule has 16 heavy (non-hydrogen) atoms. The maximum absolute atomic E-state index is 11.9. The van der Waals surface area contributed by atoms with Crippen LogP contribution in [-0.4, -0.2) is 22.3 Å². The lowest BCUT2D eigenvalue weighted by molar-refractivity contribution is -0.149. The zero-order chi connectivity index (χ0) is 12.4. The number of carboxylic acids is 1. The van der Waals surface area contributed by atoms with E-state index in [2.05, 4.69) is 0 Å². The Bertz CT molecular complexity index is 267. The van der Waals surface area contributed by atoms with Crippen molar-refractivity contribution in [1.29, 1.82) is 0 Å². The molecule has 2 unspecified atom stereocenters. The lowest BCUT2D eigenvalue weighted by Crippen LogP contribution is -2.29. The summed E-state index contributed by atoms with van der Waals surface area (Å²) in [6.07, 6.45) is 1.91. The molecular formula is C10H15F3O2S. The summed E-state index contributed by atoms with van der Waals surface area (Å²) >= 11 is -0.126. The number of carboxylic acid groups (broad SMARTS) is 1. The van der Waals surface area contributed by atoms with E-state index in [0.29, 0.717) is 18.8 Å². The van der Waals surface area contributed by atoms with Crippen molar-refractivity contribution < 1.29 is 23.1 Å². The van der Waals surface area contributed by atoms with Gasteiger partial charge in [0.1, 0.15) is 0 Å². The molecule has 1 aliphatic carbocycles. The van der Waals surface area contributed by atoms with Crippen LogP contribution in [0.25, 0.3) is 0 Å². The monoisotopic (exact) mass is 256 g/mol. The molecule has 1 saturated carbocycles. The highest BCUT2D eigenvalue weighted by Crippen LogP contribution is 2.46. The van der Waals surface area contributed by atoms with Crippen molar-refractivity contribution in [2.45, 2.75) is 38.1 Å². The van der Waals surface area contributed by atoms with Gasteiger partial charge >= 0.3 is 11.5 Å². The molecule has 0 aliphatic heterocycles. The molecule has 0 heterocycles. The van der Waals surface area contributed by atoms with Crippen LogP contribution in [0.15, 0.2) is 0 Å². The fourth-order valence-corrected chi connectivity index (χ4v) is 3.01. The van der Waals surface area contributed by atoms with Gasteiger partial charge in [-0.25, -0.2) is 0 Å². The minimum atomic E-state index is -4.26. The van der Waals surface area contributed by atoms with E-state index < -0.39 is 16.9 Å². The van der Waals surface area contributed by atoms with Crippen molar-refractivity contribution in [3.05, 3.63) is 0 Å². The molecule has 0 bridgehead atoms. The van der Waals surface area contributed by atoms with Crippen molar-refractivity contribution in [1.82, 2.24) is 0 Å². The Hall–Kier alpha value is -0.390. The van der Waals surface area contributed by atoms with Crippen molar-refractivity contribution >= 4 is 17.7 Å². The van der Waals surface area contributed by atoms with Crippen molar-refractivity contribution in [3.63, 3.8) is 0 Å². The summed E-state index contributed by atoms with van der Waals surface area (Å²) in [6, 6.07) is 0. The van der Waals surface area contributed by atoms with Crippen molar-refractivity contribution in [3.8, 4) is 0 Å². The molecule has 0 saturated heterocycles. The second kappa shape index (κ2) is 4.85. The van der Waals surface area contributed by atoms with Crippen LogP contribution in [0.3, 0.4) is 0 Å². The van der Waals surface area contributed by atoms with E-state index in [1.165, 1.54) is 0 Å². The maximum atomic E-state index is 11.9. The van der Waals surface area contributed by atoms with Crippen molar-refractivity contribution in [2.24, 2.45) is 11.3 Å². The number of rotatable bonds is 4. The third-order valence-corrected chi connectivity index (χ3v) is 3.89. The third-order valence-electron chi connectivity index (χ3n) is 3.15. The van der Waals surface area contributed by atoms with E-state index in [1.54, 1.807) is 0 Å². The quantitative estimate of drug-likeness (QED) is 0.836. The van der Waals surface area contributed by atoms with Gasteiger partial charge in [0, 0.05) is 5.75 Å². The Morgan fingerprint density at radius 3 is 2.56 bits per heavy atom. The van der Waals surface area contributed by atoms with Crippen LogP contribution in [0.1, 0.15) is 32.6 Å². The zero-order valence-electron chi connectivity index (χ0n) is 9.01. The van der Waals surface area contributed by atoms with Gasteiger partial charge in [-0.05, 0) is 31.6 Å². The Morgan fingerprint density at radius 2 is 2.19 bits per heavy atom. The summed E-state index contributed by atoms with van der Waals surface area (Å²) in [5.74, 6) is -0.811. The third kappa shape index (κ3) is 3.57. The average Bonchev–Trinajstić information content (AvgIpc) is 2.46. The fraction of sp³-hybridized carbons (Fsp3) is 0.900. The first kappa shape index (κ1) is 13.7. The number of aliphatic carboxylic acids is 1. The highest BCUT2D eigenvalue weighted by Gasteiger charge is 2.44. The molecule has 2 nitrogen and oxygen atoms in total. The molecule has 2 atom stereocenters. The molecule has 0 aromatic rings. The predicted molar refractivity (Wildman–Crippen MR) is 56.2 cm³/mol. The largest absolute Gasteiger partial charge is 0.481 e. The first-order valence-corrected chi connectivity index (χ1v) is 6.18. The van der Waals surface area contributed by atoms with E-state index >= 15 is 0 Å². The molecule has 0 spiro atoms. The summed E-state index contributed by atoms with van der Waals surface area (Å²) in [4.78, 5) is 11.1. The van der Waals surface area contributed by atoms with Gasteiger partial charge < -0.3 is 5.11 Å². The summed E-state index contributed by atoms with van der Waals surface area (Å²) in [6.45, 7) is 1.95. The standard InChI is InChI=1S/C10H15F3O2S/c1-7-2-3-9(6-7,8(14)15)4-5-16-10(11,12)13/h7H,2-6H2,1H3,(H,14,15). The van der Waals surface area contributed by atoms with Gasteiger partial charge in [-0.3, -0.25) is 4.79 Å². The van der Waals surface area contributed by atoms with E-state index in [0.717, 1.165) is 6.42 Å². The van der Waals surface area contributed by atoms with E-state index in [4.69, 9.17) is 5.11 Å². The number of alkyl halides is 3. The topological polar surface area (TPSA) is 37.3 Å². The summed E-state index contributed by atoms with van der Waals surface area (Å²) in [5.41, 5.74) is -5.18. The Morgan fingerprint density at radius 1 is 1.56 bits per heavy atom. The SMILES string of the molecule is CC1CCC(CCSC(F)(F)F)(C(=O)O)C1. The molecule has 1 N–H and O–H groups in total. The molecule has 6 heteroatoms. The lowest BCUT2D eigenvalue weighted by Gasteiger charge is -2.24. The van der Waals surface area contributed by atoms with Crippen LogP contribution < -0.4 is 0 Å². The molecule has 1 aliphatic rings. The Labute approximate surface area is 96.6 Å². The maximum Gasteiger partial charge on any atom is 0.441 e. The smallest absolute Gasteiger partial charge is 0.441 e. The molecule has 94 valence electrons. The Kier molecular flexibility index (Phi) is 4.15. The first-order valence-electron chi connectivity index (χ1n) is 5.19. The number of hydrogen-bond acceptors (Lipinski definition) is 2. The van der Waals surface area contributed by atoms with Gasteiger partial charge in [-0.2, -0.15) is 13.2 Å². The van der Waals surface area contributed by atoms with Crippen molar-refractivity contribution in [2.75, 3.05) is 5.75 Å². The molecule has 0 aromatic carbocycles. The van der Waals surface area contributed by atoms with Gasteiger partial charge in [0.05, 0.1) is 5.41 Å². The van der Waals surface area contributed by atoms with Crippen LogP contribution in [0.4, 0.5) is 13.2 Å². The number of halogens is 3. The van der Waals surface area contributed by atoms with Crippen LogP contribution in [-0.2, 0) is 4.79 Å². The van der Waals surface area contributed by atoms with Gasteiger partial charge in [-0.15, -0.1) is 0 Å². The molecular weight excluding hydrogens is 241 g/mol. The van der Waals surface area contributed by atoms with E-state index in [1.807, 2.05) is 6.92 Å². The van der Waals surface area contributed by atoms with Crippen LogP contribution >= 0.6 is 11.8 Å². The number of thioether (sulfide) groups is 1. The molecule has 0 aromatic heterocycles. The zero-order valence-corrected chi connectivity index (χ0v) is 9.83. The highest BCUT2D eigenvalue weighted by atomic mass is 32.2. The summed E-state index contributed by atoms with van der Waals surface area (Å²) < 4.78 is 35.8. The lowest BCUT2D eigenvalue weighted by atomic mass is 9.83. The second-order valence-corrected chi connectivity index (χ2v) is 5.64. The first-order chi connectivity index (χ1) is 7.25. The number of hydrogen-bond donors (Lipinski definition) is 1. The minimum absolute atomic E-state index is 0.108. The van der Waals surface area contributed by atoms with Gasteiger partial charge in [0.15, 0.2) is 0 Å². The number of carbonyl (C=O) groups is 1. The fourth-order valence-electron chi connectivity index (χ4n) is 2.28. The highest BCUT2D eigenvalue weighted by molar-refractivity contribution is 8.00. The van der Waals surface area contributed by atoms with Crippen LogP contribution in [0.2, 0.25) is 0 Å². The average molecular weight is 256 g/mol. The van der Waals surface area contributed by atoms with Gasteiger partial charge in [0.2, 0.25) is 0 Å². The van der Waals surface area contributed by atoms with E-state index in [-0.39, 0.29) is 23.9 Å². The predicted octanol–water partition coefficient (Wildman–Crippen LogP) is 3.52. The molecule has 0 radical (unpaired) electrons.